The van der Waals surface area contributed by atoms with Crippen molar-refractivity contribution in [1.29, 1.82) is 0 Å². The molecule has 0 bridgehead atoms. The molecule has 2 aliphatic rings. The summed E-state index contributed by atoms with van der Waals surface area (Å²) in [6, 6.07) is 4.59. The van der Waals surface area contributed by atoms with Crippen molar-refractivity contribution in [3.8, 4) is 5.75 Å². The highest BCUT2D eigenvalue weighted by Crippen LogP contribution is 2.39. The molecule has 0 aromatic heterocycles. The summed E-state index contributed by atoms with van der Waals surface area (Å²) in [6.07, 6.45) is 3.78. The van der Waals surface area contributed by atoms with Crippen molar-refractivity contribution in [1.82, 2.24) is 4.90 Å². The largest absolute Gasteiger partial charge is 0.491 e. The third kappa shape index (κ3) is 3.17. The summed E-state index contributed by atoms with van der Waals surface area (Å²) in [7, 11) is 0. The highest BCUT2D eigenvalue weighted by Gasteiger charge is 2.43. The maximum absolute atomic E-state index is 13.1. The molecular weight excluding hydrogens is 504 g/mol. The SMILES string of the molecule is CC1CCCCN1CC1(C)COc2c(I)cc(I)cc2C1=O. The van der Waals surface area contributed by atoms with Gasteiger partial charge in [0.05, 0.1) is 14.5 Å². The number of fused-ring (bicyclic) bond motifs is 1. The van der Waals surface area contributed by atoms with Crippen LogP contribution in [0.1, 0.15) is 43.5 Å². The van der Waals surface area contributed by atoms with E-state index >= 15 is 0 Å². The van der Waals surface area contributed by atoms with Gasteiger partial charge in [0.1, 0.15) is 12.4 Å². The van der Waals surface area contributed by atoms with Crippen molar-refractivity contribution in [2.75, 3.05) is 19.7 Å². The molecule has 3 rings (SSSR count). The molecule has 0 saturated carbocycles. The average Bonchev–Trinajstić information content (AvgIpc) is 2.46. The minimum absolute atomic E-state index is 0.239. The van der Waals surface area contributed by atoms with Crippen LogP contribution in [0.15, 0.2) is 12.1 Å². The van der Waals surface area contributed by atoms with E-state index in [0.717, 1.165) is 31.5 Å². The van der Waals surface area contributed by atoms with Crippen LogP contribution in [-0.2, 0) is 0 Å². The number of carbonyl (C=O) groups excluding carboxylic acids is 1. The van der Waals surface area contributed by atoms with E-state index in [2.05, 4.69) is 70.0 Å². The molecule has 0 N–H and O–H groups in total. The summed E-state index contributed by atoms with van der Waals surface area (Å²) >= 11 is 4.53. The first-order valence-corrected chi connectivity index (χ1v) is 9.97. The van der Waals surface area contributed by atoms with Gasteiger partial charge in [-0.3, -0.25) is 9.69 Å². The second kappa shape index (κ2) is 6.55. The van der Waals surface area contributed by atoms with Gasteiger partial charge in [-0.05, 0) is 90.5 Å². The quantitative estimate of drug-likeness (QED) is 0.539. The summed E-state index contributed by atoms with van der Waals surface area (Å²) in [6.45, 7) is 6.72. The summed E-state index contributed by atoms with van der Waals surface area (Å²) in [5.74, 6) is 1.01. The van der Waals surface area contributed by atoms with Crippen molar-refractivity contribution in [3.63, 3.8) is 0 Å². The number of hydrogen-bond donors (Lipinski definition) is 0. The van der Waals surface area contributed by atoms with Crippen molar-refractivity contribution >= 4 is 51.0 Å². The number of nitrogens with zero attached hydrogens (tertiary/aromatic N) is 1. The zero-order chi connectivity index (χ0) is 15.9. The van der Waals surface area contributed by atoms with Crippen LogP contribution < -0.4 is 4.74 Å². The predicted molar refractivity (Wildman–Crippen MR) is 105 cm³/mol. The number of Topliss-reactive ketones (excluding diaryl/α,β-unsaturated/α-hetero) is 1. The number of likely N-dealkylation sites (tertiary alicyclic amines) is 1. The molecule has 120 valence electrons. The summed E-state index contributed by atoms with van der Waals surface area (Å²) in [5.41, 5.74) is 0.321. The van der Waals surface area contributed by atoms with Crippen molar-refractivity contribution in [3.05, 3.63) is 24.8 Å². The van der Waals surface area contributed by atoms with Crippen molar-refractivity contribution < 1.29 is 9.53 Å². The lowest BCUT2D eigenvalue weighted by atomic mass is 9.79. The number of rotatable bonds is 2. The number of ether oxygens (including phenoxy) is 1. The third-order valence-corrected chi connectivity index (χ3v) is 6.25. The molecule has 2 aliphatic heterocycles. The Hall–Kier alpha value is 0.110. The zero-order valence-electron chi connectivity index (χ0n) is 13.0. The van der Waals surface area contributed by atoms with Crippen LogP contribution in [-0.4, -0.2) is 36.4 Å². The van der Waals surface area contributed by atoms with Gasteiger partial charge in [0, 0.05) is 16.2 Å². The molecule has 22 heavy (non-hydrogen) atoms. The number of benzene rings is 1. The second-order valence-electron chi connectivity index (χ2n) is 6.76. The van der Waals surface area contributed by atoms with Crippen LogP contribution in [0.3, 0.4) is 0 Å². The third-order valence-electron chi connectivity index (χ3n) is 4.83. The molecule has 2 unspecified atom stereocenters. The van der Waals surface area contributed by atoms with E-state index in [4.69, 9.17) is 4.74 Å². The van der Waals surface area contributed by atoms with Gasteiger partial charge >= 0.3 is 0 Å². The topological polar surface area (TPSA) is 29.5 Å². The van der Waals surface area contributed by atoms with E-state index < -0.39 is 5.41 Å². The Morgan fingerprint density at radius 1 is 1.36 bits per heavy atom. The lowest BCUT2D eigenvalue weighted by molar-refractivity contribution is 0.0401. The zero-order valence-corrected chi connectivity index (χ0v) is 17.3. The Kier molecular flexibility index (Phi) is 5.04. The summed E-state index contributed by atoms with van der Waals surface area (Å²) < 4.78 is 8.13. The number of piperidine rings is 1. The molecular formula is C17H21I2NO2. The lowest BCUT2D eigenvalue weighted by Crippen LogP contribution is -2.51. The van der Waals surface area contributed by atoms with E-state index in [-0.39, 0.29) is 5.78 Å². The van der Waals surface area contributed by atoms with Gasteiger partial charge in [-0.25, -0.2) is 0 Å². The van der Waals surface area contributed by atoms with E-state index in [1.54, 1.807) is 0 Å². The monoisotopic (exact) mass is 525 g/mol. The summed E-state index contributed by atoms with van der Waals surface area (Å²) in [4.78, 5) is 15.6. The van der Waals surface area contributed by atoms with E-state index in [1.807, 2.05) is 6.07 Å². The Morgan fingerprint density at radius 2 is 2.14 bits per heavy atom. The molecule has 1 saturated heterocycles. The van der Waals surface area contributed by atoms with Crippen LogP contribution in [0.4, 0.5) is 0 Å². The Morgan fingerprint density at radius 3 is 2.86 bits per heavy atom. The highest BCUT2D eigenvalue weighted by atomic mass is 127. The second-order valence-corrected chi connectivity index (χ2v) is 9.17. The molecule has 2 atom stereocenters. The standard InChI is InChI=1S/C17H21I2NO2/c1-11-5-3-4-6-20(11)9-17(2)10-22-15-13(16(17)21)7-12(18)8-14(15)19/h7-8,11H,3-6,9-10H2,1-2H3. The number of halogens is 2. The van der Waals surface area contributed by atoms with Crippen LogP contribution in [0.2, 0.25) is 0 Å². The van der Waals surface area contributed by atoms with Gasteiger partial charge in [-0.15, -0.1) is 0 Å². The maximum Gasteiger partial charge on any atom is 0.177 e. The van der Waals surface area contributed by atoms with Gasteiger partial charge in [0.25, 0.3) is 0 Å². The Labute approximate surface area is 159 Å². The average molecular weight is 525 g/mol. The molecule has 3 nitrogen and oxygen atoms in total. The first-order chi connectivity index (χ1) is 10.4. The molecule has 0 aliphatic carbocycles. The molecule has 1 aromatic carbocycles. The highest BCUT2D eigenvalue weighted by molar-refractivity contribution is 14.1. The smallest absolute Gasteiger partial charge is 0.177 e. The Bertz CT molecular complexity index is 605. The molecule has 0 spiro atoms. The minimum atomic E-state index is -0.438. The maximum atomic E-state index is 13.1. The molecule has 0 radical (unpaired) electrons. The van der Waals surface area contributed by atoms with Gasteiger partial charge < -0.3 is 4.74 Å². The van der Waals surface area contributed by atoms with Crippen molar-refractivity contribution in [2.24, 2.45) is 5.41 Å². The van der Waals surface area contributed by atoms with E-state index in [9.17, 15) is 4.79 Å². The normalized spacial score (nSPS) is 29.1. The molecule has 2 heterocycles. The Balaban J connectivity index is 1.87. The minimum Gasteiger partial charge on any atom is -0.491 e. The van der Waals surface area contributed by atoms with Crippen molar-refractivity contribution in [2.45, 2.75) is 39.2 Å². The van der Waals surface area contributed by atoms with Gasteiger partial charge in [-0.1, -0.05) is 6.42 Å². The van der Waals surface area contributed by atoms with E-state index in [0.29, 0.717) is 12.6 Å². The van der Waals surface area contributed by atoms with Gasteiger partial charge in [0.15, 0.2) is 5.78 Å². The fraction of sp³-hybridized carbons (Fsp3) is 0.588. The van der Waals surface area contributed by atoms with Crippen LogP contribution in [0, 0.1) is 12.6 Å². The molecule has 1 fully saturated rings. The van der Waals surface area contributed by atoms with Gasteiger partial charge in [0.2, 0.25) is 0 Å². The number of hydrogen-bond acceptors (Lipinski definition) is 3. The lowest BCUT2D eigenvalue weighted by Gasteiger charge is -2.41. The fourth-order valence-electron chi connectivity index (χ4n) is 3.46. The predicted octanol–water partition coefficient (Wildman–Crippen LogP) is 4.35. The molecule has 0 amide bonds. The molecule has 5 heteroatoms. The number of ketones is 1. The van der Waals surface area contributed by atoms with Crippen LogP contribution in [0.25, 0.3) is 0 Å². The van der Waals surface area contributed by atoms with Crippen LogP contribution in [0.5, 0.6) is 5.75 Å². The summed E-state index contributed by atoms with van der Waals surface area (Å²) in [5, 5.41) is 0. The fourth-order valence-corrected chi connectivity index (χ4v) is 5.46. The molecule has 1 aromatic rings. The van der Waals surface area contributed by atoms with Gasteiger partial charge in [-0.2, -0.15) is 0 Å². The first-order valence-electron chi connectivity index (χ1n) is 7.81. The van der Waals surface area contributed by atoms with E-state index in [1.165, 1.54) is 19.3 Å². The number of carbonyl (C=O) groups is 1. The van der Waals surface area contributed by atoms with Crippen LogP contribution >= 0.6 is 45.2 Å². The first kappa shape index (κ1) is 17.0.